The number of hydrogen-bond donors (Lipinski definition) is 6. The predicted octanol–water partition coefficient (Wildman–Crippen LogP) is 5.33. The van der Waals surface area contributed by atoms with Crippen LogP contribution in [0.15, 0.2) is 60.7 Å². The van der Waals surface area contributed by atoms with E-state index in [1.165, 1.54) is 5.56 Å². The number of imide groups is 2. The number of carbonyl (C=O) groups is 8. The quantitative estimate of drug-likeness (QED) is 0.0780. The third kappa shape index (κ3) is 12.9. The SMILES string of the molecule is Cl.O=C1CCC(N2Cc3cc(C4CCN(Cc5cc(F)c(O)c(F)c5)CC4)ccc3C2=O)C(=O)N1.O=C1CCC(N2Cc3cc(C4CCNCC4)ccc3C2=O)C(=O)N1.O=CO.O=Cc1cc(F)c(O)c(F)c1. The van der Waals surface area contributed by atoms with E-state index in [0.29, 0.717) is 67.3 Å². The summed E-state index contributed by atoms with van der Waals surface area (Å²) in [5, 5.41) is 32.7. The van der Waals surface area contributed by atoms with Crippen molar-refractivity contribution in [2.24, 2.45) is 0 Å². The number of aldehydes is 1. The fourth-order valence-electron chi connectivity index (χ4n) is 9.90. The van der Waals surface area contributed by atoms with E-state index in [0.717, 1.165) is 92.8 Å². The normalized spacial score (nSPS) is 19.9. The van der Waals surface area contributed by atoms with Crippen LogP contribution in [0.3, 0.4) is 0 Å². The summed E-state index contributed by atoms with van der Waals surface area (Å²) in [6.07, 6.45) is 5.52. The average molecular weight is 1040 g/mol. The maximum absolute atomic E-state index is 13.6. The molecule has 6 N–H and O–H groups in total. The van der Waals surface area contributed by atoms with Crippen LogP contribution in [0.5, 0.6) is 11.5 Å². The van der Waals surface area contributed by atoms with E-state index in [4.69, 9.17) is 15.0 Å². The first-order chi connectivity index (χ1) is 34.5. The summed E-state index contributed by atoms with van der Waals surface area (Å²) in [6, 6.07) is 14.6. The van der Waals surface area contributed by atoms with Crippen molar-refractivity contribution < 1.29 is 71.2 Å². The first kappa shape index (κ1) is 55.1. The second-order valence-corrected chi connectivity index (χ2v) is 18.2. The van der Waals surface area contributed by atoms with Crippen LogP contribution in [0.1, 0.15) is 122 Å². The molecule has 6 heterocycles. The summed E-state index contributed by atoms with van der Waals surface area (Å²) >= 11 is 0. The molecule has 4 aromatic rings. The number of likely N-dealkylation sites (tertiary alicyclic amines) is 1. The number of carbonyl (C=O) groups excluding carboxylic acids is 7. The third-order valence-electron chi connectivity index (χ3n) is 13.6. The van der Waals surface area contributed by atoms with Crippen LogP contribution in [0, 0.1) is 23.3 Å². The molecule has 0 bridgehead atoms. The van der Waals surface area contributed by atoms with Gasteiger partial charge in [-0.15, -0.1) is 12.4 Å². The summed E-state index contributed by atoms with van der Waals surface area (Å²) in [7, 11) is 0. The molecule has 6 aliphatic rings. The van der Waals surface area contributed by atoms with Gasteiger partial charge in [-0.1, -0.05) is 24.3 Å². The Hall–Kier alpha value is -7.23. The number of fused-ring (bicyclic) bond motifs is 2. The standard InChI is InChI=1S/C25H25F2N3O4.C18H21N3O3.C7H4F2O2.CH2O2.ClH/c26-19-9-14(10-20(27)23(19)32)12-29-7-5-15(6-8-29)16-1-2-18-17(11-16)13-30(25(18)34)21-3-4-22(31)28-24(21)33;22-16-4-3-15(17(23)20-16)21-10-13-9-12(1-2-14(13)18(21)24)11-5-7-19-8-6-11;8-5-1-4(3-10)2-6(9)7(5)11;2-1-3;/h1-2,9-11,15,21,32H,3-8,12-13H2,(H,28,31,33);1-2,9,11,15,19H,3-8,10H2,(H,20,22,23);1-3,11H;1H,(H,2,3);1H. The largest absolute Gasteiger partial charge is 0.503 e. The van der Waals surface area contributed by atoms with E-state index in [1.807, 2.05) is 24.3 Å². The summed E-state index contributed by atoms with van der Waals surface area (Å²) in [4.78, 5) is 96.3. The molecule has 0 aromatic heterocycles. The molecule has 0 radical (unpaired) electrons. The van der Waals surface area contributed by atoms with Gasteiger partial charge in [0, 0.05) is 49.2 Å². The van der Waals surface area contributed by atoms with E-state index in [1.54, 1.807) is 9.80 Å². The lowest BCUT2D eigenvalue weighted by molar-refractivity contribution is -0.138. The highest BCUT2D eigenvalue weighted by Crippen LogP contribution is 2.36. The van der Waals surface area contributed by atoms with Crippen molar-refractivity contribution in [3.8, 4) is 11.5 Å². The molecule has 10 rings (SSSR count). The topological polar surface area (TPSA) is 243 Å². The molecule has 0 aliphatic carbocycles. The highest BCUT2D eigenvalue weighted by molar-refractivity contribution is 6.06. The monoisotopic (exact) mass is 1040 g/mol. The number of amides is 6. The van der Waals surface area contributed by atoms with E-state index < -0.39 is 52.8 Å². The number of phenols is 2. The maximum atomic E-state index is 13.6. The van der Waals surface area contributed by atoms with Gasteiger partial charge in [-0.05, 0) is 141 Å². The number of hydrogen-bond acceptors (Lipinski definition) is 12. The van der Waals surface area contributed by atoms with E-state index in [2.05, 4.69) is 33.0 Å². The summed E-state index contributed by atoms with van der Waals surface area (Å²) < 4.78 is 52.0. The number of phenolic OH excluding ortho intramolecular Hbond substituents is 2. The molecule has 4 saturated heterocycles. The van der Waals surface area contributed by atoms with Crippen LogP contribution in [0.2, 0.25) is 0 Å². The van der Waals surface area contributed by atoms with Crippen molar-refractivity contribution in [2.75, 3.05) is 26.2 Å². The molecule has 4 aromatic carbocycles. The van der Waals surface area contributed by atoms with Gasteiger partial charge < -0.3 is 30.4 Å². The molecule has 4 fully saturated rings. The number of nitrogens with zero attached hydrogens (tertiary/aromatic N) is 3. The Bertz CT molecular complexity index is 2740. The number of aromatic hydroxyl groups is 2. The number of rotatable bonds is 7. The lowest BCUT2D eigenvalue weighted by Gasteiger charge is -2.32. The molecule has 0 spiro atoms. The Balaban J connectivity index is 0.000000193. The van der Waals surface area contributed by atoms with Crippen molar-refractivity contribution in [1.29, 1.82) is 0 Å². The number of halogens is 5. The molecular formula is C51H53ClF4N6O11. The first-order valence-corrected chi connectivity index (χ1v) is 23.4. The van der Waals surface area contributed by atoms with Crippen LogP contribution in [-0.2, 0) is 43.6 Å². The van der Waals surface area contributed by atoms with Gasteiger partial charge in [0.15, 0.2) is 34.8 Å². The van der Waals surface area contributed by atoms with Crippen molar-refractivity contribution >= 4 is 60.6 Å². The van der Waals surface area contributed by atoms with Crippen LogP contribution in [0.4, 0.5) is 17.6 Å². The van der Waals surface area contributed by atoms with E-state index >= 15 is 0 Å². The zero-order valence-electron chi connectivity index (χ0n) is 39.2. The highest BCUT2D eigenvalue weighted by Gasteiger charge is 2.41. The molecule has 2 atom stereocenters. The molecular weight excluding hydrogens is 984 g/mol. The zero-order valence-corrected chi connectivity index (χ0v) is 40.0. The van der Waals surface area contributed by atoms with Crippen molar-refractivity contribution in [2.45, 2.75) is 94.9 Å². The zero-order chi connectivity index (χ0) is 51.8. The molecule has 6 aliphatic heterocycles. The average Bonchev–Trinajstić information content (AvgIpc) is 3.87. The van der Waals surface area contributed by atoms with Crippen molar-refractivity contribution in [1.82, 2.24) is 30.7 Å². The van der Waals surface area contributed by atoms with Gasteiger partial charge in [-0.2, -0.15) is 0 Å². The Morgan fingerprint density at radius 2 is 1.00 bits per heavy atom. The van der Waals surface area contributed by atoms with Gasteiger partial charge in [-0.3, -0.25) is 53.9 Å². The van der Waals surface area contributed by atoms with Gasteiger partial charge in [0.2, 0.25) is 23.6 Å². The Morgan fingerprint density at radius 1 is 0.589 bits per heavy atom. The van der Waals surface area contributed by atoms with Crippen LogP contribution < -0.4 is 16.0 Å². The Labute approximate surface area is 422 Å². The molecule has 73 heavy (non-hydrogen) atoms. The first-order valence-electron chi connectivity index (χ1n) is 23.4. The summed E-state index contributed by atoms with van der Waals surface area (Å²) in [6.45, 7) is 4.54. The van der Waals surface area contributed by atoms with Gasteiger partial charge in [-0.25, -0.2) is 17.6 Å². The number of carboxylic acid groups (broad SMARTS) is 1. The van der Waals surface area contributed by atoms with Gasteiger partial charge >= 0.3 is 0 Å². The highest BCUT2D eigenvalue weighted by atomic mass is 35.5. The number of benzene rings is 4. The summed E-state index contributed by atoms with van der Waals surface area (Å²) in [5.74, 6) is -6.96. The number of piperidine rings is 4. The Kier molecular flexibility index (Phi) is 18.5. The fourth-order valence-corrected chi connectivity index (χ4v) is 9.90. The van der Waals surface area contributed by atoms with Crippen LogP contribution in [0.25, 0.3) is 0 Å². The van der Waals surface area contributed by atoms with Crippen molar-refractivity contribution in [3.05, 3.63) is 128 Å². The van der Waals surface area contributed by atoms with E-state index in [9.17, 15) is 56.2 Å². The van der Waals surface area contributed by atoms with E-state index in [-0.39, 0.29) is 66.8 Å². The molecule has 17 nitrogen and oxygen atoms in total. The Morgan fingerprint density at radius 3 is 1.41 bits per heavy atom. The molecule has 0 saturated carbocycles. The minimum atomic E-state index is -1.13. The minimum absolute atomic E-state index is 0. The maximum Gasteiger partial charge on any atom is 0.290 e. The third-order valence-corrected chi connectivity index (χ3v) is 13.6. The minimum Gasteiger partial charge on any atom is -0.503 e. The van der Waals surface area contributed by atoms with Gasteiger partial charge in [0.1, 0.15) is 18.4 Å². The predicted molar refractivity (Wildman–Crippen MR) is 254 cm³/mol. The number of nitrogens with one attached hydrogen (secondary N) is 3. The lowest BCUT2D eigenvalue weighted by atomic mass is 9.87. The second-order valence-electron chi connectivity index (χ2n) is 18.2. The lowest BCUT2D eigenvalue weighted by Crippen LogP contribution is -2.52. The summed E-state index contributed by atoms with van der Waals surface area (Å²) in [5.41, 5.74) is 5.95. The molecule has 388 valence electrons. The second kappa shape index (κ2) is 24.5. The van der Waals surface area contributed by atoms with Gasteiger partial charge in [0.05, 0.1) is 0 Å². The molecule has 2 unspecified atom stereocenters. The van der Waals surface area contributed by atoms with Gasteiger partial charge in [0.25, 0.3) is 18.3 Å². The fraction of sp³-hybridized carbons (Fsp3) is 0.373. The van der Waals surface area contributed by atoms with Crippen LogP contribution >= 0.6 is 12.4 Å². The molecule has 6 amide bonds. The van der Waals surface area contributed by atoms with Crippen molar-refractivity contribution in [3.63, 3.8) is 0 Å². The molecule has 22 heteroatoms. The smallest absolute Gasteiger partial charge is 0.290 e. The van der Waals surface area contributed by atoms with Crippen LogP contribution in [-0.4, -0.2) is 116 Å².